The van der Waals surface area contributed by atoms with Crippen molar-refractivity contribution in [3.8, 4) is 11.5 Å². The maximum atomic E-state index is 5.76. The van der Waals surface area contributed by atoms with Crippen LogP contribution in [0, 0.1) is 0 Å². The Morgan fingerprint density at radius 2 is 1.75 bits per heavy atom. The van der Waals surface area contributed by atoms with E-state index >= 15 is 0 Å². The molecule has 4 heteroatoms. The van der Waals surface area contributed by atoms with Gasteiger partial charge in [-0.15, -0.1) is 0 Å². The molecule has 0 spiro atoms. The Kier molecular flexibility index (Phi) is 3.92. The molecule has 0 radical (unpaired) electrons. The zero-order valence-electron chi connectivity index (χ0n) is 11.2. The van der Waals surface area contributed by atoms with Crippen molar-refractivity contribution in [1.82, 2.24) is 0 Å². The van der Waals surface area contributed by atoms with E-state index in [1.165, 1.54) is 0 Å². The Morgan fingerprint density at radius 3 is 2.40 bits per heavy atom. The van der Waals surface area contributed by atoms with E-state index in [2.05, 4.69) is 17.2 Å². The summed E-state index contributed by atoms with van der Waals surface area (Å²) >= 11 is 1.76. The number of thioether (sulfide) groups is 1. The second kappa shape index (κ2) is 6.01. The van der Waals surface area contributed by atoms with E-state index in [9.17, 15) is 0 Å². The van der Waals surface area contributed by atoms with E-state index in [-0.39, 0.29) is 0 Å². The number of rotatable bonds is 3. The van der Waals surface area contributed by atoms with Crippen molar-refractivity contribution in [2.45, 2.75) is 13.0 Å². The monoisotopic (exact) mass is 284 g/mol. The van der Waals surface area contributed by atoms with Gasteiger partial charge in [0.05, 0.1) is 6.04 Å². The molecule has 2 aromatic rings. The number of benzene rings is 2. The Bertz CT molecular complexity index is 596. The Labute approximate surface area is 123 Å². The lowest BCUT2D eigenvalue weighted by Crippen LogP contribution is -2.04. The van der Waals surface area contributed by atoms with Crippen LogP contribution in [0.1, 0.15) is 6.92 Å². The molecule has 0 amide bonds. The van der Waals surface area contributed by atoms with Crippen LogP contribution in [0.5, 0.6) is 11.5 Å². The van der Waals surface area contributed by atoms with Gasteiger partial charge in [0.2, 0.25) is 0 Å². The lowest BCUT2D eigenvalue weighted by atomic mass is 10.3. The highest BCUT2D eigenvalue weighted by Crippen LogP contribution is 2.24. The van der Waals surface area contributed by atoms with E-state index in [1.54, 1.807) is 11.8 Å². The van der Waals surface area contributed by atoms with Gasteiger partial charge >= 0.3 is 0 Å². The van der Waals surface area contributed by atoms with Crippen LogP contribution in [-0.4, -0.2) is 17.0 Å². The number of ether oxygens (including phenoxy) is 1. The fraction of sp³-hybridized carbons (Fsp3) is 0.188. The van der Waals surface area contributed by atoms with Gasteiger partial charge in [-0.05, 0) is 43.3 Å². The van der Waals surface area contributed by atoms with Crippen molar-refractivity contribution in [2.75, 3.05) is 11.1 Å². The van der Waals surface area contributed by atoms with Gasteiger partial charge in [0.25, 0.3) is 0 Å². The zero-order valence-corrected chi connectivity index (χ0v) is 12.1. The van der Waals surface area contributed by atoms with Gasteiger partial charge < -0.3 is 10.1 Å². The first-order valence-corrected chi connectivity index (χ1v) is 7.59. The van der Waals surface area contributed by atoms with Crippen molar-refractivity contribution >= 4 is 22.6 Å². The molecular weight excluding hydrogens is 268 g/mol. The molecule has 1 aliphatic heterocycles. The quantitative estimate of drug-likeness (QED) is 0.908. The summed E-state index contributed by atoms with van der Waals surface area (Å²) in [6.07, 6.45) is 0. The lowest BCUT2D eigenvalue weighted by Gasteiger charge is -2.08. The molecule has 0 aromatic heterocycles. The minimum atomic E-state index is 0.406. The minimum absolute atomic E-state index is 0.406. The highest BCUT2D eigenvalue weighted by atomic mass is 32.2. The molecule has 1 heterocycles. The molecular formula is C16H16N2OS. The van der Waals surface area contributed by atoms with Gasteiger partial charge in [-0.2, -0.15) is 0 Å². The number of anilines is 1. The molecule has 1 aliphatic rings. The first kappa shape index (κ1) is 13.1. The topological polar surface area (TPSA) is 33.6 Å². The van der Waals surface area contributed by atoms with Crippen molar-refractivity contribution in [3.63, 3.8) is 0 Å². The van der Waals surface area contributed by atoms with E-state index in [0.717, 1.165) is 28.1 Å². The van der Waals surface area contributed by atoms with Gasteiger partial charge in [-0.25, -0.2) is 0 Å². The van der Waals surface area contributed by atoms with Crippen LogP contribution in [0.15, 0.2) is 59.6 Å². The second-order valence-corrected chi connectivity index (χ2v) is 5.67. The molecule has 0 saturated heterocycles. The standard InChI is InChI=1S/C16H16N2OS/c1-12-11-20-16(17-12)18-13-7-9-15(10-8-13)19-14-5-3-2-4-6-14/h2-10,12H,11H2,1H3,(H,17,18). The Hall–Kier alpha value is -1.94. The van der Waals surface area contributed by atoms with E-state index in [0.29, 0.717) is 6.04 Å². The molecule has 3 nitrogen and oxygen atoms in total. The summed E-state index contributed by atoms with van der Waals surface area (Å²) in [6, 6.07) is 18.1. The van der Waals surface area contributed by atoms with Crippen molar-refractivity contribution < 1.29 is 4.74 Å². The fourth-order valence-corrected chi connectivity index (χ4v) is 2.82. The normalized spacial score (nSPS) is 17.6. The molecule has 102 valence electrons. The summed E-state index contributed by atoms with van der Waals surface area (Å²) in [5, 5.41) is 4.31. The van der Waals surface area contributed by atoms with E-state index in [4.69, 9.17) is 4.74 Å². The molecule has 1 N–H and O–H groups in total. The van der Waals surface area contributed by atoms with Gasteiger partial charge in [-0.3, -0.25) is 4.99 Å². The SMILES string of the molecule is CC1CSC(Nc2ccc(Oc3ccccc3)cc2)=N1. The lowest BCUT2D eigenvalue weighted by molar-refractivity contribution is 0.483. The van der Waals surface area contributed by atoms with E-state index in [1.807, 2.05) is 54.6 Å². The van der Waals surface area contributed by atoms with Crippen LogP contribution in [0.4, 0.5) is 5.69 Å². The van der Waals surface area contributed by atoms with Crippen LogP contribution in [0.25, 0.3) is 0 Å². The molecule has 0 fully saturated rings. The number of nitrogens with zero attached hydrogens (tertiary/aromatic N) is 1. The Morgan fingerprint density at radius 1 is 1.05 bits per heavy atom. The number of nitrogens with one attached hydrogen (secondary N) is 1. The van der Waals surface area contributed by atoms with Crippen LogP contribution < -0.4 is 10.1 Å². The fourth-order valence-electron chi connectivity index (χ4n) is 1.90. The molecule has 20 heavy (non-hydrogen) atoms. The Balaban J connectivity index is 1.64. The smallest absolute Gasteiger partial charge is 0.161 e. The van der Waals surface area contributed by atoms with Gasteiger partial charge in [0.1, 0.15) is 11.5 Å². The molecule has 1 atom stereocenters. The molecule has 0 bridgehead atoms. The maximum absolute atomic E-state index is 5.76. The molecule has 0 aliphatic carbocycles. The summed E-state index contributed by atoms with van der Waals surface area (Å²) in [4.78, 5) is 4.51. The second-order valence-electron chi connectivity index (χ2n) is 4.66. The first-order valence-electron chi connectivity index (χ1n) is 6.60. The number of hydrogen-bond donors (Lipinski definition) is 1. The van der Waals surface area contributed by atoms with Crippen molar-refractivity contribution in [1.29, 1.82) is 0 Å². The first-order chi connectivity index (χ1) is 9.79. The third-order valence-electron chi connectivity index (χ3n) is 2.88. The predicted molar refractivity (Wildman–Crippen MR) is 85.9 cm³/mol. The highest BCUT2D eigenvalue weighted by molar-refractivity contribution is 8.14. The number of aliphatic imine (C=N–C) groups is 1. The maximum Gasteiger partial charge on any atom is 0.161 e. The molecule has 2 aromatic carbocycles. The third kappa shape index (κ3) is 3.33. The summed E-state index contributed by atoms with van der Waals surface area (Å²) in [6.45, 7) is 2.12. The number of para-hydroxylation sites is 1. The average Bonchev–Trinajstić information content (AvgIpc) is 2.88. The third-order valence-corrected chi connectivity index (χ3v) is 4.01. The van der Waals surface area contributed by atoms with Gasteiger partial charge in [0.15, 0.2) is 5.17 Å². The van der Waals surface area contributed by atoms with Gasteiger partial charge in [0, 0.05) is 11.4 Å². The molecule has 1 unspecified atom stereocenters. The van der Waals surface area contributed by atoms with Crippen LogP contribution in [0.3, 0.4) is 0 Å². The van der Waals surface area contributed by atoms with Crippen LogP contribution >= 0.6 is 11.8 Å². The zero-order chi connectivity index (χ0) is 13.8. The largest absolute Gasteiger partial charge is 0.457 e. The van der Waals surface area contributed by atoms with E-state index < -0.39 is 0 Å². The summed E-state index contributed by atoms with van der Waals surface area (Å²) < 4.78 is 5.76. The molecule has 0 saturated carbocycles. The highest BCUT2D eigenvalue weighted by Gasteiger charge is 2.13. The van der Waals surface area contributed by atoms with Crippen molar-refractivity contribution in [3.05, 3.63) is 54.6 Å². The van der Waals surface area contributed by atoms with Gasteiger partial charge in [-0.1, -0.05) is 30.0 Å². The number of amidine groups is 1. The van der Waals surface area contributed by atoms with Crippen LogP contribution in [-0.2, 0) is 0 Å². The van der Waals surface area contributed by atoms with Crippen LogP contribution in [0.2, 0.25) is 0 Å². The molecule has 3 rings (SSSR count). The summed E-state index contributed by atoms with van der Waals surface area (Å²) in [7, 11) is 0. The average molecular weight is 284 g/mol. The summed E-state index contributed by atoms with van der Waals surface area (Å²) in [5.41, 5.74) is 1.03. The predicted octanol–water partition coefficient (Wildman–Crippen LogP) is 4.38. The number of hydrogen-bond acceptors (Lipinski definition) is 4. The minimum Gasteiger partial charge on any atom is -0.457 e. The van der Waals surface area contributed by atoms with Crippen molar-refractivity contribution in [2.24, 2.45) is 4.99 Å². The summed E-state index contributed by atoms with van der Waals surface area (Å²) in [5.74, 6) is 2.73.